The largest absolute Gasteiger partial charge is 0.113 e. The predicted molar refractivity (Wildman–Crippen MR) is 44.8 cm³/mol. The molecule has 0 radical (unpaired) electrons. The molecule has 10 heavy (non-hydrogen) atoms. The summed E-state index contributed by atoms with van der Waals surface area (Å²) in [6.45, 7) is 0. The van der Waals surface area contributed by atoms with Crippen LogP contribution >= 0.6 is 11.8 Å². The average molecular weight is 146 g/mol. The smallest absolute Gasteiger partial charge is 0.0201 e. The fourth-order valence-electron chi connectivity index (χ4n) is 0.928. The Hall–Kier alpha value is -0.910. The van der Waals surface area contributed by atoms with E-state index in [9.17, 15) is 0 Å². The van der Waals surface area contributed by atoms with Crippen LogP contribution in [0.4, 0.5) is 0 Å². The van der Waals surface area contributed by atoms with E-state index in [1.165, 1.54) is 10.5 Å². The molecular formula is C9H6S. The van der Waals surface area contributed by atoms with E-state index in [1.807, 2.05) is 17.6 Å². The molecule has 0 bridgehead atoms. The number of fused-ring (bicyclic) bond motifs is 1. The SMILES string of the molecule is C1=CSc2ccccc2C=1. The van der Waals surface area contributed by atoms with Crippen molar-refractivity contribution in [2.45, 2.75) is 4.90 Å². The molecule has 2 rings (SSSR count). The van der Waals surface area contributed by atoms with Crippen molar-refractivity contribution in [3.63, 3.8) is 0 Å². The third-order valence-corrected chi connectivity index (χ3v) is 2.29. The highest BCUT2D eigenvalue weighted by atomic mass is 32.2. The molecule has 0 fully saturated rings. The summed E-state index contributed by atoms with van der Waals surface area (Å²) in [7, 11) is 0. The highest BCUT2D eigenvalue weighted by Crippen LogP contribution is 2.26. The summed E-state index contributed by atoms with van der Waals surface area (Å²) in [5, 5.41) is 1.97. The number of thioether (sulfide) groups is 1. The van der Waals surface area contributed by atoms with E-state index in [2.05, 4.69) is 23.9 Å². The number of hydrogen-bond acceptors (Lipinski definition) is 1. The molecule has 0 unspecified atom stereocenters. The van der Waals surface area contributed by atoms with E-state index >= 15 is 0 Å². The van der Waals surface area contributed by atoms with Gasteiger partial charge in [0.15, 0.2) is 0 Å². The van der Waals surface area contributed by atoms with E-state index in [-0.39, 0.29) is 0 Å². The lowest BCUT2D eigenvalue weighted by Crippen LogP contribution is -1.77. The van der Waals surface area contributed by atoms with Gasteiger partial charge in [0.05, 0.1) is 0 Å². The lowest BCUT2D eigenvalue weighted by Gasteiger charge is -2.02. The monoisotopic (exact) mass is 146 g/mol. The number of rotatable bonds is 0. The van der Waals surface area contributed by atoms with Crippen LogP contribution in [0.2, 0.25) is 0 Å². The summed E-state index contributed by atoms with van der Waals surface area (Å²) in [4.78, 5) is 1.32. The van der Waals surface area contributed by atoms with Crippen molar-refractivity contribution >= 4 is 17.8 Å². The van der Waals surface area contributed by atoms with Crippen molar-refractivity contribution in [1.82, 2.24) is 0 Å². The molecule has 0 saturated carbocycles. The Morgan fingerprint density at radius 1 is 1.20 bits per heavy atom. The van der Waals surface area contributed by atoms with Gasteiger partial charge in [0.25, 0.3) is 0 Å². The molecule has 0 aliphatic carbocycles. The molecule has 0 amide bonds. The third kappa shape index (κ3) is 0.900. The van der Waals surface area contributed by atoms with E-state index < -0.39 is 0 Å². The van der Waals surface area contributed by atoms with Crippen LogP contribution in [0.1, 0.15) is 5.56 Å². The van der Waals surface area contributed by atoms with Crippen molar-refractivity contribution in [3.05, 3.63) is 41.0 Å². The molecule has 1 aromatic carbocycles. The van der Waals surface area contributed by atoms with Gasteiger partial charge in [-0.25, -0.2) is 0 Å². The Balaban J connectivity index is 2.63. The van der Waals surface area contributed by atoms with Gasteiger partial charge >= 0.3 is 0 Å². The first-order valence-electron chi connectivity index (χ1n) is 3.13. The summed E-state index contributed by atoms with van der Waals surface area (Å²) in [6, 6.07) is 8.32. The summed E-state index contributed by atoms with van der Waals surface area (Å²) in [5.74, 6) is 0. The zero-order chi connectivity index (χ0) is 6.81. The summed E-state index contributed by atoms with van der Waals surface area (Å²) < 4.78 is 0. The highest BCUT2D eigenvalue weighted by molar-refractivity contribution is 8.02. The topological polar surface area (TPSA) is 0 Å². The Labute approximate surface area is 64.3 Å². The first-order valence-corrected chi connectivity index (χ1v) is 4.01. The minimum Gasteiger partial charge on any atom is -0.113 e. The molecule has 1 aliphatic heterocycles. The quantitative estimate of drug-likeness (QED) is 0.507. The lowest BCUT2D eigenvalue weighted by atomic mass is 10.2. The van der Waals surface area contributed by atoms with Gasteiger partial charge in [-0.3, -0.25) is 0 Å². The van der Waals surface area contributed by atoms with Gasteiger partial charge in [0.1, 0.15) is 0 Å². The van der Waals surface area contributed by atoms with Gasteiger partial charge in [0, 0.05) is 10.3 Å². The van der Waals surface area contributed by atoms with Crippen molar-refractivity contribution in [3.8, 4) is 0 Å². The molecular weight excluding hydrogens is 140 g/mol. The van der Waals surface area contributed by atoms with Crippen LogP contribution in [-0.4, -0.2) is 0 Å². The van der Waals surface area contributed by atoms with E-state index in [4.69, 9.17) is 0 Å². The molecule has 0 N–H and O–H groups in total. The molecule has 0 nitrogen and oxygen atoms in total. The number of benzene rings is 1. The van der Waals surface area contributed by atoms with Crippen molar-refractivity contribution in [2.75, 3.05) is 0 Å². The van der Waals surface area contributed by atoms with Crippen LogP contribution in [0.5, 0.6) is 0 Å². The second-order valence-electron chi connectivity index (χ2n) is 2.08. The first kappa shape index (κ1) is 5.84. The zero-order valence-corrected chi connectivity index (χ0v) is 6.19. The third-order valence-electron chi connectivity index (χ3n) is 1.41. The predicted octanol–water partition coefficient (Wildman–Crippen LogP) is 2.92. The van der Waals surface area contributed by atoms with Gasteiger partial charge in [-0.2, -0.15) is 0 Å². The maximum absolute atomic E-state index is 3.05. The zero-order valence-electron chi connectivity index (χ0n) is 5.37. The van der Waals surface area contributed by atoms with Gasteiger partial charge in [-0.1, -0.05) is 30.0 Å². The summed E-state index contributed by atoms with van der Waals surface area (Å²) in [5.41, 5.74) is 4.33. The second-order valence-corrected chi connectivity index (χ2v) is 3.00. The Morgan fingerprint density at radius 2 is 2.10 bits per heavy atom. The molecule has 1 aromatic rings. The fourth-order valence-corrected chi connectivity index (χ4v) is 1.61. The Morgan fingerprint density at radius 3 is 3.00 bits per heavy atom. The molecule has 0 atom stereocenters. The molecule has 0 aromatic heterocycles. The Kier molecular flexibility index (Phi) is 1.39. The van der Waals surface area contributed by atoms with Crippen LogP contribution < -0.4 is 0 Å². The molecule has 0 saturated heterocycles. The van der Waals surface area contributed by atoms with Crippen LogP contribution in [-0.2, 0) is 0 Å². The normalized spacial score (nSPS) is 13.2. The molecule has 1 heterocycles. The van der Waals surface area contributed by atoms with Crippen molar-refractivity contribution in [1.29, 1.82) is 0 Å². The van der Waals surface area contributed by atoms with Gasteiger partial charge in [-0.15, -0.1) is 5.73 Å². The first-order chi connectivity index (χ1) is 4.97. The summed E-state index contributed by atoms with van der Waals surface area (Å²) >= 11 is 1.72. The minimum absolute atomic E-state index is 1.27. The molecule has 1 heteroatoms. The molecule has 0 spiro atoms. The van der Waals surface area contributed by atoms with E-state index in [1.54, 1.807) is 11.8 Å². The van der Waals surface area contributed by atoms with Crippen LogP contribution in [0, 0.1) is 0 Å². The standard InChI is InChI=1S/C9H6S/c1-2-6-9-8(4-1)5-3-7-10-9/h1-2,4-7H. The molecule has 48 valence electrons. The maximum Gasteiger partial charge on any atom is 0.0201 e. The lowest BCUT2D eigenvalue weighted by molar-refractivity contribution is 1.43. The number of hydrogen-bond donors (Lipinski definition) is 0. The van der Waals surface area contributed by atoms with Crippen LogP contribution in [0.15, 0.2) is 40.3 Å². The van der Waals surface area contributed by atoms with Gasteiger partial charge < -0.3 is 0 Å². The maximum atomic E-state index is 3.05. The Bertz CT molecular complexity index is 306. The minimum atomic E-state index is 1.27. The van der Waals surface area contributed by atoms with Crippen LogP contribution in [0.25, 0.3) is 6.08 Å². The molecule has 1 aliphatic rings. The fraction of sp³-hybridized carbons (Fsp3) is 0. The van der Waals surface area contributed by atoms with Crippen LogP contribution in [0.3, 0.4) is 0 Å². The van der Waals surface area contributed by atoms with E-state index in [0.29, 0.717) is 0 Å². The van der Waals surface area contributed by atoms with Gasteiger partial charge in [-0.05, 0) is 17.7 Å². The van der Waals surface area contributed by atoms with E-state index in [0.717, 1.165) is 0 Å². The highest BCUT2D eigenvalue weighted by Gasteiger charge is 1.98. The summed E-state index contributed by atoms with van der Waals surface area (Å²) in [6.07, 6.45) is 2.01. The second kappa shape index (κ2) is 2.37. The van der Waals surface area contributed by atoms with Gasteiger partial charge in [0.2, 0.25) is 0 Å². The average Bonchev–Trinajstić information content (AvgIpc) is 2.05. The van der Waals surface area contributed by atoms with Crippen molar-refractivity contribution in [2.24, 2.45) is 0 Å². The van der Waals surface area contributed by atoms with Crippen molar-refractivity contribution < 1.29 is 0 Å².